The van der Waals surface area contributed by atoms with E-state index in [2.05, 4.69) is 15.5 Å². The minimum absolute atomic E-state index is 0.00854. The van der Waals surface area contributed by atoms with Crippen LogP contribution < -0.4 is 10.6 Å². The maximum absolute atomic E-state index is 12.0. The summed E-state index contributed by atoms with van der Waals surface area (Å²) in [6, 6.07) is 10.1. The Labute approximate surface area is 137 Å². The third kappa shape index (κ3) is 5.53. The molecule has 1 aliphatic carbocycles. The first-order valence-electron chi connectivity index (χ1n) is 8.03. The maximum Gasteiger partial charge on any atom is 0.244 e. The molecule has 1 aliphatic rings. The van der Waals surface area contributed by atoms with E-state index < -0.39 is 0 Å². The number of benzene rings is 1. The molecule has 2 rings (SSSR count). The van der Waals surface area contributed by atoms with E-state index in [-0.39, 0.29) is 24.4 Å². The first kappa shape index (κ1) is 17.2. The Morgan fingerprint density at radius 1 is 1.22 bits per heavy atom. The Morgan fingerprint density at radius 2 is 1.96 bits per heavy atom. The highest BCUT2D eigenvalue weighted by molar-refractivity contribution is 5.94. The lowest BCUT2D eigenvalue weighted by molar-refractivity contribution is -0.124. The monoisotopic (exact) mass is 315 g/mol. The minimum Gasteiger partial charge on any atom is -0.350 e. The topological polar surface area (TPSA) is 61.4 Å². The molecule has 1 saturated carbocycles. The lowest BCUT2D eigenvalue weighted by atomic mass is 10.1. The van der Waals surface area contributed by atoms with Crippen LogP contribution in [0.15, 0.2) is 36.4 Å². The quantitative estimate of drug-likeness (QED) is 0.781. The standard InChI is InChI=1S/C18H25N3O2/c1-21(2)16-10-6-9-15(16)20-18(23)13-19-17(22)12-11-14-7-4-3-5-8-14/h3-5,7-8,11-12,15-16H,6,9-10,13H2,1-2H3,(H,19,22)(H,20,23)/b12-11+. The van der Waals surface area contributed by atoms with E-state index >= 15 is 0 Å². The van der Waals surface area contributed by atoms with Crippen molar-refractivity contribution in [2.45, 2.75) is 31.3 Å². The SMILES string of the molecule is CN(C)C1CCCC1NC(=O)CNC(=O)/C=C/c1ccccc1. The normalized spacial score (nSPS) is 20.8. The van der Waals surface area contributed by atoms with Gasteiger partial charge in [0.05, 0.1) is 6.54 Å². The fourth-order valence-corrected chi connectivity index (χ4v) is 2.95. The third-order valence-electron chi connectivity index (χ3n) is 4.14. The number of amides is 2. The van der Waals surface area contributed by atoms with Gasteiger partial charge in [0.15, 0.2) is 0 Å². The van der Waals surface area contributed by atoms with Crippen molar-refractivity contribution in [2.24, 2.45) is 0 Å². The molecule has 23 heavy (non-hydrogen) atoms. The van der Waals surface area contributed by atoms with Crippen molar-refractivity contribution in [1.29, 1.82) is 0 Å². The second kappa shape index (κ2) is 8.48. The van der Waals surface area contributed by atoms with Gasteiger partial charge in [-0.3, -0.25) is 9.59 Å². The summed E-state index contributed by atoms with van der Waals surface area (Å²) in [5.41, 5.74) is 0.951. The van der Waals surface area contributed by atoms with Gasteiger partial charge in [-0.25, -0.2) is 0 Å². The van der Waals surface area contributed by atoms with Crippen molar-refractivity contribution in [3.63, 3.8) is 0 Å². The molecular formula is C18H25N3O2. The predicted molar refractivity (Wildman–Crippen MR) is 91.7 cm³/mol. The summed E-state index contributed by atoms with van der Waals surface area (Å²) in [6.45, 7) is 0.00854. The Balaban J connectivity index is 1.74. The fourth-order valence-electron chi connectivity index (χ4n) is 2.95. The van der Waals surface area contributed by atoms with Crippen molar-refractivity contribution in [1.82, 2.24) is 15.5 Å². The summed E-state index contributed by atoms with van der Waals surface area (Å²) in [5, 5.41) is 5.64. The highest BCUT2D eigenvalue weighted by Crippen LogP contribution is 2.22. The van der Waals surface area contributed by atoms with E-state index in [0.717, 1.165) is 24.8 Å². The molecule has 0 bridgehead atoms. The van der Waals surface area contributed by atoms with Crippen molar-refractivity contribution >= 4 is 17.9 Å². The van der Waals surface area contributed by atoms with Gasteiger partial charge in [-0.05, 0) is 45.0 Å². The van der Waals surface area contributed by atoms with Gasteiger partial charge in [-0.15, -0.1) is 0 Å². The molecule has 0 spiro atoms. The number of likely N-dealkylation sites (N-methyl/N-ethyl adjacent to an activating group) is 1. The lowest BCUT2D eigenvalue weighted by Crippen LogP contribution is -2.48. The fraction of sp³-hybridized carbons (Fsp3) is 0.444. The van der Waals surface area contributed by atoms with E-state index in [4.69, 9.17) is 0 Å². The highest BCUT2D eigenvalue weighted by atomic mass is 16.2. The summed E-state index contributed by atoms with van der Waals surface area (Å²) in [6.07, 6.45) is 6.40. The maximum atomic E-state index is 12.0. The predicted octanol–water partition coefficient (Wildman–Crippen LogP) is 1.41. The molecule has 1 aromatic carbocycles. The molecule has 0 aliphatic heterocycles. The zero-order chi connectivity index (χ0) is 16.7. The zero-order valence-corrected chi connectivity index (χ0v) is 13.8. The molecule has 0 aromatic heterocycles. The molecule has 5 heteroatoms. The average Bonchev–Trinajstić information content (AvgIpc) is 3.00. The van der Waals surface area contributed by atoms with Gasteiger partial charge in [0, 0.05) is 18.2 Å². The Hall–Kier alpha value is -2.14. The van der Waals surface area contributed by atoms with Gasteiger partial charge in [-0.1, -0.05) is 30.3 Å². The van der Waals surface area contributed by atoms with E-state index in [1.54, 1.807) is 6.08 Å². The minimum atomic E-state index is -0.264. The van der Waals surface area contributed by atoms with Crippen molar-refractivity contribution in [3.8, 4) is 0 Å². The number of hydrogen-bond donors (Lipinski definition) is 2. The van der Waals surface area contributed by atoms with Crippen LogP contribution in [0.3, 0.4) is 0 Å². The summed E-state index contributed by atoms with van der Waals surface area (Å²) >= 11 is 0. The highest BCUT2D eigenvalue weighted by Gasteiger charge is 2.29. The van der Waals surface area contributed by atoms with Gasteiger partial charge in [-0.2, -0.15) is 0 Å². The lowest BCUT2D eigenvalue weighted by Gasteiger charge is -2.26. The Bertz CT molecular complexity index is 555. The van der Waals surface area contributed by atoms with Crippen LogP contribution in [-0.2, 0) is 9.59 Å². The van der Waals surface area contributed by atoms with Gasteiger partial charge in [0.2, 0.25) is 11.8 Å². The van der Waals surface area contributed by atoms with E-state index in [1.807, 2.05) is 44.4 Å². The molecule has 1 aromatic rings. The van der Waals surface area contributed by atoms with Crippen LogP contribution in [0.2, 0.25) is 0 Å². The summed E-state index contributed by atoms with van der Waals surface area (Å²) < 4.78 is 0. The van der Waals surface area contributed by atoms with Gasteiger partial charge < -0.3 is 15.5 Å². The molecule has 2 amide bonds. The molecule has 5 nitrogen and oxygen atoms in total. The molecule has 1 fully saturated rings. The number of carbonyl (C=O) groups is 2. The van der Waals surface area contributed by atoms with Crippen molar-refractivity contribution in [2.75, 3.05) is 20.6 Å². The van der Waals surface area contributed by atoms with Crippen molar-refractivity contribution < 1.29 is 9.59 Å². The molecule has 2 N–H and O–H groups in total. The number of carbonyl (C=O) groups excluding carboxylic acids is 2. The molecular weight excluding hydrogens is 290 g/mol. The summed E-state index contributed by atoms with van der Waals surface area (Å²) in [5.74, 6) is -0.398. The summed E-state index contributed by atoms with van der Waals surface area (Å²) in [4.78, 5) is 25.9. The first-order valence-corrected chi connectivity index (χ1v) is 8.03. The molecule has 124 valence electrons. The van der Waals surface area contributed by atoms with Crippen LogP contribution in [-0.4, -0.2) is 49.4 Å². The third-order valence-corrected chi connectivity index (χ3v) is 4.14. The van der Waals surface area contributed by atoms with Crippen LogP contribution in [0.4, 0.5) is 0 Å². The number of nitrogens with zero attached hydrogens (tertiary/aromatic N) is 1. The summed E-state index contributed by atoms with van der Waals surface area (Å²) in [7, 11) is 4.07. The van der Waals surface area contributed by atoms with Gasteiger partial charge >= 0.3 is 0 Å². The number of hydrogen-bond acceptors (Lipinski definition) is 3. The van der Waals surface area contributed by atoms with Crippen LogP contribution in [0.1, 0.15) is 24.8 Å². The number of rotatable bonds is 6. The molecule has 0 heterocycles. The van der Waals surface area contributed by atoms with E-state index in [1.165, 1.54) is 6.08 Å². The van der Waals surface area contributed by atoms with E-state index in [0.29, 0.717) is 6.04 Å². The first-order chi connectivity index (χ1) is 11.1. The van der Waals surface area contributed by atoms with Gasteiger partial charge in [0.1, 0.15) is 0 Å². The second-order valence-electron chi connectivity index (χ2n) is 6.10. The van der Waals surface area contributed by atoms with Crippen LogP contribution in [0.5, 0.6) is 0 Å². The van der Waals surface area contributed by atoms with Gasteiger partial charge in [0.25, 0.3) is 0 Å². The molecule has 2 unspecified atom stereocenters. The number of nitrogens with one attached hydrogen (secondary N) is 2. The van der Waals surface area contributed by atoms with Crippen LogP contribution in [0.25, 0.3) is 6.08 Å². The Morgan fingerprint density at radius 3 is 2.65 bits per heavy atom. The van der Waals surface area contributed by atoms with Crippen molar-refractivity contribution in [3.05, 3.63) is 42.0 Å². The van der Waals surface area contributed by atoms with Crippen LogP contribution >= 0.6 is 0 Å². The second-order valence-corrected chi connectivity index (χ2v) is 6.10. The van der Waals surface area contributed by atoms with E-state index in [9.17, 15) is 9.59 Å². The smallest absolute Gasteiger partial charge is 0.244 e. The molecule has 2 atom stereocenters. The largest absolute Gasteiger partial charge is 0.350 e. The average molecular weight is 315 g/mol. The zero-order valence-electron chi connectivity index (χ0n) is 13.8. The molecule has 0 radical (unpaired) electrons. The molecule has 0 saturated heterocycles. The van der Waals surface area contributed by atoms with Crippen LogP contribution in [0, 0.1) is 0 Å². The Kier molecular flexibility index (Phi) is 6.35.